The number of anilines is 3. The van der Waals surface area contributed by atoms with Crippen molar-refractivity contribution in [2.75, 3.05) is 49.7 Å². The molecular weight excluding hydrogens is 453 g/mol. The first-order valence-electron chi connectivity index (χ1n) is 11.7. The minimum Gasteiger partial charge on any atom is -0.378 e. The summed E-state index contributed by atoms with van der Waals surface area (Å²) in [5.74, 6) is -0.631. The number of halogens is 1. The average Bonchev–Trinajstić information content (AvgIpc) is 3.57. The molecule has 0 radical (unpaired) electrons. The van der Waals surface area contributed by atoms with E-state index in [2.05, 4.69) is 30.8 Å². The fourth-order valence-corrected chi connectivity index (χ4v) is 4.23. The lowest BCUT2D eigenvalue weighted by Gasteiger charge is -2.29. The standard InChI is InChI=1S/C24H28FN7O3/c1-16-23(32-15-22(29-30-32)24(33)27-14-21-3-2-6-35-21)12-19(13-26-16)28-18-9-17(25)10-20(11-18)31-4-7-34-8-5-31/h9-13,15,21,28H,2-8,14H2,1H3,(H,27,33). The van der Waals surface area contributed by atoms with Crippen molar-refractivity contribution in [3.05, 3.63) is 53.9 Å². The van der Waals surface area contributed by atoms with Crippen LogP contribution in [0.4, 0.5) is 21.5 Å². The second kappa shape index (κ2) is 10.4. The van der Waals surface area contributed by atoms with Crippen molar-refractivity contribution >= 4 is 23.0 Å². The molecule has 3 aromatic rings. The van der Waals surface area contributed by atoms with Crippen LogP contribution in [-0.2, 0) is 9.47 Å². The van der Waals surface area contributed by atoms with Gasteiger partial charge in [0.2, 0.25) is 0 Å². The van der Waals surface area contributed by atoms with Crippen LogP contribution in [0, 0.1) is 12.7 Å². The molecule has 10 nitrogen and oxygen atoms in total. The minimum atomic E-state index is -0.327. The summed E-state index contributed by atoms with van der Waals surface area (Å²) in [6.45, 7) is 5.71. The van der Waals surface area contributed by atoms with E-state index in [0.717, 1.165) is 38.2 Å². The number of rotatable bonds is 7. The Morgan fingerprint density at radius 1 is 1.17 bits per heavy atom. The van der Waals surface area contributed by atoms with Crippen molar-refractivity contribution < 1.29 is 18.7 Å². The number of hydrogen-bond donors (Lipinski definition) is 2. The van der Waals surface area contributed by atoms with Crippen molar-refractivity contribution in [3.8, 4) is 5.69 Å². The number of ether oxygens (including phenoxy) is 2. The maximum Gasteiger partial charge on any atom is 0.273 e. The Balaban J connectivity index is 1.30. The molecule has 2 saturated heterocycles. The Hall–Kier alpha value is -3.57. The number of carbonyl (C=O) groups excluding carboxylic acids is 1. The van der Waals surface area contributed by atoms with Gasteiger partial charge in [0.25, 0.3) is 5.91 Å². The second-order valence-electron chi connectivity index (χ2n) is 8.64. The van der Waals surface area contributed by atoms with Crippen LogP contribution in [0.3, 0.4) is 0 Å². The molecule has 35 heavy (non-hydrogen) atoms. The lowest BCUT2D eigenvalue weighted by molar-refractivity contribution is 0.0853. The zero-order valence-corrected chi connectivity index (χ0v) is 19.5. The molecular formula is C24H28FN7O3. The van der Waals surface area contributed by atoms with Gasteiger partial charge in [-0.05, 0) is 44.0 Å². The molecule has 2 fully saturated rings. The van der Waals surface area contributed by atoms with E-state index in [-0.39, 0.29) is 23.5 Å². The maximum absolute atomic E-state index is 14.4. The molecule has 2 aliphatic heterocycles. The molecule has 1 amide bonds. The predicted octanol–water partition coefficient (Wildman–Crippen LogP) is 2.60. The van der Waals surface area contributed by atoms with E-state index in [1.54, 1.807) is 12.4 Å². The number of benzene rings is 1. The molecule has 0 bridgehead atoms. The van der Waals surface area contributed by atoms with Crippen LogP contribution in [0.1, 0.15) is 29.0 Å². The van der Waals surface area contributed by atoms with Crippen molar-refractivity contribution in [2.24, 2.45) is 0 Å². The third-order valence-electron chi connectivity index (χ3n) is 6.09. The number of aromatic nitrogens is 4. The molecule has 0 aliphatic carbocycles. The minimum absolute atomic E-state index is 0.0507. The monoisotopic (exact) mass is 481 g/mol. The molecule has 0 spiro atoms. The average molecular weight is 482 g/mol. The van der Waals surface area contributed by atoms with E-state index < -0.39 is 0 Å². The number of pyridine rings is 1. The van der Waals surface area contributed by atoms with Gasteiger partial charge in [-0.2, -0.15) is 0 Å². The highest BCUT2D eigenvalue weighted by molar-refractivity contribution is 5.91. The van der Waals surface area contributed by atoms with Crippen LogP contribution in [0.25, 0.3) is 5.69 Å². The molecule has 1 aromatic carbocycles. The first kappa shape index (κ1) is 23.2. The Labute approximate surface area is 202 Å². The topological polar surface area (TPSA) is 106 Å². The van der Waals surface area contributed by atoms with Gasteiger partial charge >= 0.3 is 0 Å². The van der Waals surface area contributed by atoms with Crippen molar-refractivity contribution in [1.82, 2.24) is 25.3 Å². The number of hydrogen-bond acceptors (Lipinski definition) is 8. The summed E-state index contributed by atoms with van der Waals surface area (Å²) in [4.78, 5) is 19.0. The number of morpholine rings is 1. The van der Waals surface area contributed by atoms with Gasteiger partial charge in [-0.1, -0.05) is 5.21 Å². The molecule has 5 rings (SSSR count). The number of nitrogens with one attached hydrogen (secondary N) is 2. The maximum atomic E-state index is 14.4. The first-order chi connectivity index (χ1) is 17.0. The van der Waals surface area contributed by atoms with Gasteiger partial charge in [0.05, 0.1) is 48.8 Å². The van der Waals surface area contributed by atoms with Gasteiger partial charge in [-0.15, -0.1) is 5.10 Å². The van der Waals surface area contributed by atoms with E-state index in [1.165, 1.54) is 16.8 Å². The lowest BCUT2D eigenvalue weighted by Crippen LogP contribution is -2.36. The van der Waals surface area contributed by atoms with Crippen LogP contribution in [-0.4, -0.2) is 71.4 Å². The Bertz CT molecular complexity index is 1190. The molecule has 1 unspecified atom stereocenters. The summed E-state index contributed by atoms with van der Waals surface area (Å²) >= 11 is 0. The molecule has 184 valence electrons. The fraction of sp³-hybridized carbons (Fsp3) is 0.417. The van der Waals surface area contributed by atoms with E-state index in [9.17, 15) is 9.18 Å². The summed E-state index contributed by atoms with van der Waals surface area (Å²) in [6.07, 6.45) is 5.24. The van der Waals surface area contributed by atoms with Gasteiger partial charge in [-0.25, -0.2) is 9.07 Å². The Morgan fingerprint density at radius 3 is 2.83 bits per heavy atom. The molecule has 1 atom stereocenters. The quantitative estimate of drug-likeness (QED) is 0.531. The summed E-state index contributed by atoms with van der Waals surface area (Å²) in [6, 6.07) is 6.70. The number of amides is 1. The second-order valence-corrected chi connectivity index (χ2v) is 8.64. The molecule has 0 saturated carbocycles. The highest BCUT2D eigenvalue weighted by atomic mass is 19.1. The summed E-state index contributed by atoms with van der Waals surface area (Å²) in [5.41, 5.74) is 3.64. The van der Waals surface area contributed by atoms with Gasteiger partial charge in [-0.3, -0.25) is 9.78 Å². The predicted molar refractivity (Wildman–Crippen MR) is 128 cm³/mol. The van der Waals surface area contributed by atoms with E-state index in [1.807, 2.05) is 19.1 Å². The van der Waals surface area contributed by atoms with E-state index in [0.29, 0.717) is 42.5 Å². The van der Waals surface area contributed by atoms with Crippen molar-refractivity contribution in [2.45, 2.75) is 25.9 Å². The molecule has 2 aliphatic rings. The van der Waals surface area contributed by atoms with Crippen molar-refractivity contribution in [1.29, 1.82) is 0 Å². The van der Waals surface area contributed by atoms with Gasteiger partial charge in [0.15, 0.2) is 5.69 Å². The van der Waals surface area contributed by atoms with Gasteiger partial charge in [0.1, 0.15) is 5.82 Å². The van der Waals surface area contributed by atoms with E-state index >= 15 is 0 Å². The highest BCUT2D eigenvalue weighted by Gasteiger charge is 2.19. The van der Waals surface area contributed by atoms with Gasteiger partial charge in [0, 0.05) is 37.6 Å². The third kappa shape index (κ3) is 5.57. The Morgan fingerprint density at radius 2 is 2.03 bits per heavy atom. The van der Waals surface area contributed by atoms with Crippen LogP contribution in [0.5, 0.6) is 0 Å². The SMILES string of the molecule is Cc1ncc(Nc2cc(F)cc(N3CCOCC3)c2)cc1-n1cc(C(=O)NCC2CCCO2)nn1. The number of nitrogens with zero attached hydrogens (tertiary/aromatic N) is 5. The highest BCUT2D eigenvalue weighted by Crippen LogP contribution is 2.26. The van der Waals surface area contributed by atoms with Crippen LogP contribution in [0.15, 0.2) is 36.7 Å². The largest absolute Gasteiger partial charge is 0.378 e. The number of aryl methyl sites for hydroxylation is 1. The van der Waals surface area contributed by atoms with E-state index in [4.69, 9.17) is 9.47 Å². The normalized spacial score (nSPS) is 18.0. The zero-order chi connectivity index (χ0) is 24.2. The van der Waals surface area contributed by atoms with Crippen LogP contribution < -0.4 is 15.5 Å². The lowest BCUT2D eigenvalue weighted by atomic mass is 10.2. The van der Waals surface area contributed by atoms with Gasteiger partial charge < -0.3 is 25.0 Å². The van der Waals surface area contributed by atoms with Crippen molar-refractivity contribution in [3.63, 3.8) is 0 Å². The summed E-state index contributed by atoms with van der Waals surface area (Å²) < 4.78 is 26.8. The Kier molecular flexibility index (Phi) is 6.87. The summed E-state index contributed by atoms with van der Waals surface area (Å²) in [5, 5.41) is 14.2. The fourth-order valence-electron chi connectivity index (χ4n) is 4.23. The van der Waals surface area contributed by atoms with Crippen LogP contribution >= 0.6 is 0 Å². The first-order valence-corrected chi connectivity index (χ1v) is 11.7. The molecule has 4 heterocycles. The molecule has 11 heteroatoms. The third-order valence-corrected chi connectivity index (χ3v) is 6.09. The number of carbonyl (C=O) groups is 1. The van der Waals surface area contributed by atoms with Crippen LogP contribution in [0.2, 0.25) is 0 Å². The summed E-state index contributed by atoms with van der Waals surface area (Å²) in [7, 11) is 0. The smallest absolute Gasteiger partial charge is 0.273 e. The molecule has 2 N–H and O–H groups in total. The zero-order valence-electron chi connectivity index (χ0n) is 19.5. The molecule has 2 aromatic heterocycles.